The third-order valence-corrected chi connectivity index (χ3v) is 6.84. The van der Waals surface area contributed by atoms with Gasteiger partial charge < -0.3 is 75.1 Å². The van der Waals surface area contributed by atoms with Crippen LogP contribution in [0.5, 0.6) is 5.75 Å². The molecule has 1 unspecified atom stereocenters. The number of aliphatic hydroxyl groups is 11. The van der Waals surface area contributed by atoms with Crippen molar-refractivity contribution in [2.24, 2.45) is 0 Å². The van der Waals surface area contributed by atoms with Gasteiger partial charge >= 0.3 is 0 Å². The fraction of sp³-hybridized carbons (Fsp3) is 0.594. The molecule has 1 saturated heterocycles. The van der Waals surface area contributed by atoms with Gasteiger partial charge in [-0.2, -0.15) is 0 Å². The molecule has 1 fully saturated rings. The number of rotatable bonds is 16. The Labute approximate surface area is 278 Å². The van der Waals surface area contributed by atoms with Gasteiger partial charge in [0.05, 0.1) is 26.4 Å². The van der Waals surface area contributed by atoms with Crippen molar-refractivity contribution < 1.29 is 79.9 Å². The summed E-state index contributed by atoms with van der Waals surface area (Å²) in [6.45, 7) is 2.89. The van der Waals surface area contributed by atoms with E-state index in [0.717, 1.165) is 13.2 Å². The highest BCUT2D eigenvalue weighted by Crippen LogP contribution is 2.25. The average Bonchev–Trinajstić information content (AvgIpc) is 3.12. The van der Waals surface area contributed by atoms with Crippen LogP contribution in [0.2, 0.25) is 0 Å². The molecule has 10 atom stereocenters. The molecule has 3 rings (SSSR count). The van der Waals surface area contributed by atoms with Gasteiger partial charge in [-0.15, -0.1) is 0 Å². The van der Waals surface area contributed by atoms with E-state index in [2.05, 4.69) is 0 Å². The van der Waals surface area contributed by atoms with Crippen molar-refractivity contribution in [1.29, 1.82) is 0 Å². The van der Waals surface area contributed by atoms with E-state index in [9.17, 15) is 40.5 Å². The number of ether oxygens (including phenoxy) is 4. The van der Waals surface area contributed by atoms with Crippen LogP contribution in [0.15, 0.2) is 54.6 Å². The molecule has 0 radical (unpaired) electrons. The quantitative estimate of drug-likeness (QED) is 0.0780. The van der Waals surface area contributed by atoms with Gasteiger partial charge in [0.1, 0.15) is 67.3 Å². The van der Waals surface area contributed by atoms with E-state index in [1.807, 2.05) is 32.0 Å². The average molecular weight is 691 g/mol. The topological polar surface area (TPSA) is 277 Å². The first-order chi connectivity index (χ1) is 22.9. The van der Waals surface area contributed by atoms with E-state index in [0.29, 0.717) is 16.9 Å². The normalized spacial score (nSPS) is 23.6. The Balaban J connectivity index is 0.000000423. The lowest BCUT2D eigenvalue weighted by Gasteiger charge is -2.42. The number of hydrogen-bond donors (Lipinski definition) is 11. The molecule has 16 heteroatoms. The van der Waals surface area contributed by atoms with Crippen LogP contribution in [-0.4, -0.2) is 169 Å². The van der Waals surface area contributed by atoms with Crippen LogP contribution in [0.3, 0.4) is 0 Å². The summed E-state index contributed by atoms with van der Waals surface area (Å²) >= 11 is 0. The van der Waals surface area contributed by atoms with Gasteiger partial charge in [0, 0.05) is 24.3 Å². The molecule has 0 aromatic heterocycles. The second-order valence-corrected chi connectivity index (χ2v) is 10.4. The molecule has 0 aliphatic carbocycles. The van der Waals surface area contributed by atoms with Crippen LogP contribution in [0.1, 0.15) is 29.8 Å². The maximum atomic E-state index is 12.2. The minimum absolute atomic E-state index is 0.0163. The van der Waals surface area contributed by atoms with Crippen molar-refractivity contribution in [3.8, 4) is 5.75 Å². The van der Waals surface area contributed by atoms with Gasteiger partial charge in [-0.05, 0) is 38.1 Å². The molecular weight excluding hydrogens is 640 g/mol. The summed E-state index contributed by atoms with van der Waals surface area (Å²) in [5.74, 6) is 0.495. The van der Waals surface area contributed by atoms with E-state index in [4.69, 9.17) is 39.4 Å². The van der Waals surface area contributed by atoms with Crippen LogP contribution in [0, 0.1) is 0 Å². The Bertz CT molecular complexity index is 1100. The zero-order valence-electron chi connectivity index (χ0n) is 26.9. The van der Waals surface area contributed by atoms with Crippen LogP contribution in [0.25, 0.3) is 0 Å². The predicted molar refractivity (Wildman–Crippen MR) is 168 cm³/mol. The van der Waals surface area contributed by atoms with Gasteiger partial charge in [-0.1, -0.05) is 30.3 Å². The van der Waals surface area contributed by atoms with Crippen molar-refractivity contribution in [2.75, 3.05) is 46.2 Å². The molecule has 0 saturated carbocycles. The molecule has 1 heterocycles. The van der Waals surface area contributed by atoms with Crippen LogP contribution in [-0.2, 0) is 14.2 Å². The van der Waals surface area contributed by atoms with E-state index in [1.54, 1.807) is 36.4 Å². The summed E-state index contributed by atoms with van der Waals surface area (Å²) in [6, 6.07) is 15.7. The molecular formula is C32H50O16. The summed E-state index contributed by atoms with van der Waals surface area (Å²) in [5.41, 5.74) is 1.21. The lowest BCUT2D eigenvalue weighted by molar-refractivity contribution is -0.327. The van der Waals surface area contributed by atoms with Crippen LogP contribution in [0.4, 0.5) is 0 Å². The first-order valence-corrected chi connectivity index (χ1v) is 15.3. The van der Waals surface area contributed by atoms with E-state index in [1.165, 1.54) is 0 Å². The molecule has 0 spiro atoms. The number of aliphatic hydroxyl groups excluding tert-OH is 11. The SMILES string of the molecule is CCOCC.O=C(c1ccccc1)c1ccc(OCC(O)CO)cc1.OC[C@@H](O)[C@@H](O[C@H]1O[C@H](CO)[C@@H](O)[C@H](O)[C@H]1O)[C@H](O)[C@@H](O)CO. The number of ketones is 1. The molecule has 48 heavy (non-hydrogen) atoms. The van der Waals surface area contributed by atoms with Gasteiger partial charge in [-0.3, -0.25) is 4.79 Å². The van der Waals surface area contributed by atoms with E-state index in [-0.39, 0.29) is 19.0 Å². The lowest BCUT2D eigenvalue weighted by Crippen LogP contribution is -2.61. The fourth-order valence-electron chi connectivity index (χ4n) is 4.07. The maximum absolute atomic E-state index is 12.2. The summed E-state index contributed by atoms with van der Waals surface area (Å²) in [5, 5.41) is 103. The van der Waals surface area contributed by atoms with E-state index >= 15 is 0 Å². The zero-order valence-corrected chi connectivity index (χ0v) is 26.9. The number of benzene rings is 2. The molecule has 1 aliphatic heterocycles. The summed E-state index contributed by atoms with van der Waals surface area (Å²) in [6.07, 6.45) is -16.0. The monoisotopic (exact) mass is 690 g/mol. The van der Waals surface area contributed by atoms with E-state index < -0.39 is 81.0 Å². The lowest BCUT2D eigenvalue weighted by atomic mass is 9.98. The Morgan fingerprint density at radius 1 is 0.750 bits per heavy atom. The number of carbonyl (C=O) groups excluding carboxylic acids is 1. The largest absolute Gasteiger partial charge is 0.491 e. The molecule has 274 valence electrons. The second-order valence-electron chi connectivity index (χ2n) is 10.4. The Morgan fingerprint density at radius 2 is 1.31 bits per heavy atom. The molecule has 2 aromatic carbocycles. The second kappa shape index (κ2) is 23.7. The molecule has 0 bridgehead atoms. The summed E-state index contributed by atoms with van der Waals surface area (Å²) in [7, 11) is 0. The first kappa shape index (κ1) is 43.4. The maximum Gasteiger partial charge on any atom is 0.193 e. The molecule has 0 amide bonds. The van der Waals surface area contributed by atoms with Crippen molar-refractivity contribution in [3.05, 3.63) is 65.7 Å². The van der Waals surface area contributed by atoms with Crippen molar-refractivity contribution in [3.63, 3.8) is 0 Å². The third-order valence-electron chi connectivity index (χ3n) is 6.84. The van der Waals surface area contributed by atoms with Crippen molar-refractivity contribution in [2.45, 2.75) is 75.1 Å². The Morgan fingerprint density at radius 3 is 1.79 bits per heavy atom. The van der Waals surface area contributed by atoms with Gasteiger partial charge in [0.2, 0.25) is 0 Å². The fourth-order valence-corrected chi connectivity index (χ4v) is 4.07. The molecule has 1 aliphatic rings. The minimum atomic E-state index is -1.85. The third kappa shape index (κ3) is 14.1. The zero-order chi connectivity index (χ0) is 36.2. The van der Waals surface area contributed by atoms with Crippen molar-refractivity contribution in [1.82, 2.24) is 0 Å². The number of hydrogen-bond acceptors (Lipinski definition) is 16. The van der Waals surface area contributed by atoms with Gasteiger partial charge in [0.15, 0.2) is 12.1 Å². The summed E-state index contributed by atoms with van der Waals surface area (Å²) in [4.78, 5) is 12.2. The highest BCUT2D eigenvalue weighted by atomic mass is 16.7. The number of carbonyl (C=O) groups is 1. The van der Waals surface area contributed by atoms with Gasteiger partial charge in [0.25, 0.3) is 0 Å². The summed E-state index contributed by atoms with van der Waals surface area (Å²) < 4.78 is 20.3. The Hall–Kier alpha value is -2.65. The highest BCUT2D eigenvalue weighted by Gasteiger charge is 2.46. The molecule has 16 nitrogen and oxygen atoms in total. The standard InChI is InChI=1S/C16H16O4.C12H24O11.C4H10O/c17-10-14(18)11-20-15-8-6-13(7-9-15)16(19)12-4-2-1-3-5-12;13-1-4(16)7(18)11(5(17)2-14)23-12-10(21)9(20)8(19)6(3-15)22-12;1-3-5-4-2/h1-9,14,17-18H,10-11H2;4-21H,1-3H2;3-4H2,1-2H3/t;4-,5+,6+,7+,8+,9-,10+,11+,12+;/m.0./s1. The van der Waals surface area contributed by atoms with Crippen LogP contribution >= 0.6 is 0 Å². The smallest absolute Gasteiger partial charge is 0.193 e. The van der Waals surface area contributed by atoms with Crippen LogP contribution < -0.4 is 4.74 Å². The van der Waals surface area contributed by atoms with Gasteiger partial charge in [-0.25, -0.2) is 0 Å². The Kier molecular flexibility index (Phi) is 21.4. The molecule has 2 aromatic rings. The highest BCUT2D eigenvalue weighted by molar-refractivity contribution is 6.08. The minimum Gasteiger partial charge on any atom is -0.491 e. The first-order valence-electron chi connectivity index (χ1n) is 15.3. The molecule has 11 N–H and O–H groups in total. The van der Waals surface area contributed by atoms with Crippen molar-refractivity contribution >= 4 is 5.78 Å². The predicted octanol–water partition coefficient (Wildman–Crippen LogP) is -3.07.